The van der Waals surface area contributed by atoms with Gasteiger partial charge < -0.3 is 15.7 Å². The molecule has 172 valence electrons. The number of carbonyl (C=O) groups excluding carboxylic acids is 1. The van der Waals surface area contributed by atoms with Gasteiger partial charge in [-0.15, -0.1) is 0 Å². The SMILES string of the molecule is O=C1Nc2ccc(C(=O)O)cc2C1=C(Nc1ccc(CN2CCCCC2)cc1)c1ccccc1. The lowest BCUT2D eigenvalue weighted by molar-refractivity contribution is -0.110. The van der Waals surface area contributed by atoms with Gasteiger partial charge in [0.1, 0.15) is 0 Å². The van der Waals surface area contributed by atoms with Crippen LogP contribution in [0.2, 0.25) is 0 Å². The minimum atomic E-state index is -1.03. The predicted molar refractivity (Wildman–Crippen MR) is 134 cm³/mol. The van der Waals surface area contributed by atoms with Crippen molar-refractivity contribution >= 4 is 34.5 Å². The monoisotopic (exact) mass is 453 g/mol. The highest BCUT2D eigenvalue weighted by molar-refractivity contribution is 6.37. The Balaban J connectivity index is 1.50. The van der Waals surface area contributed by atoms with Crippen molar-refractivity contribution in [2.75, 3.05) is 23.7 Å². The summed E-state index contributed by atoms with van der Waals surface area (Å²) in [5.41, 5.74) is 5.38. The zero-order valence-corrected chi connectivity index (χ0v) is 18.9. The van der Waals surface area contributed by atoms with Crippen LogP contribution in [0.3, 0.4) is 0 Å². The van der Waals surface area contributed by atoms with Gasteiger partial charge in [-0.3, -0.25) is 9.69 Å². The second-order valence-corrected chi connectivity index (χ2v) is 8.79. The van der Waals surface area contributed by atoms with E-state index in [0.717, 1.165) is 30.9 Å². The number of fused-ring (bicyclic) bond motifs is 1. The molecular weight excluding hydrogens is 426 g/mol. The Hall–Kier alpha value is -3.90. The number of hydrogen-bond acceptors (Lipinski definition) is 4. The summed E-state index contributed by atoms with van der Waals surface area (Å²) < 4.78 is 0. The highest BCUT2D eigenvalue weighted by atomic mass is 16.4. The number of piperidine rings is 1. The number of carboxylic acids is 1. The lowest BCUT2D eigenvalue weighted by atomic mass is 9.98. The van der Waals surface area contributed by atoms with E-state index in [1.165, 1.54) is 30.9 Å². The van der Waals surface area contributed by atoms with Gasteiger partial charge in [0.05, 0.1) is 16.8 Å². The zero-order chi connectivity index (χ0) is 23.5. The number of nitrogens with one attached hydrogen (secondary N) is 2. The van der Waals surface area contributed by atoms with Crippen molar-refractivity contribution in [1.29, 1.82) is 0 Å². The van der Waals surface area contributed by atoms with E-state index in [1.807, 2.05) is 42.5 Å². The van der Waals surface area contributed by atoms with Gasteiger partial charge in [0.15, 0.2) is 0 Å². The van der Waals surface area contributed by atoms with Gasteiger partial charge in [-0.2, -0.15) is 0 Å². The van der Waals surface area contributed by atoms with Crippen molar-refractivity contribution in [2.24, 2.45) is 0 Å². The summed E-state index contributed by atoms with van der Waals surface area (Å²) in [4.78, 5) is 27.1. The lowest BCUT2D eigenvalue weighted by Gasteiger charge is -2.26. The highest BCUT2D eigenvalue weighted by Crippen LogP contribution is 2.38. The normalized spacial score (nSPS) is 17.1. The number of rotatable bonds is 6. The molecule has 6 heteroatoms. The van der Waals surface area contributed by atoms with E-state index in [1.54, 1.807) is 12.1 Å². The van der Waals surface area contributed by atoms with Crippen molar-refractivity contribution in [3.8, 4) is 0 Å². The van der Waals surface area contributed by atoms with E-state index in [-0.39, 0.29) is 11.5 Å². The largest absolute Gasteiger partial charge is 0.478 e. The number of hydrogen-bond donors (Lipinski definition) is 3. The minimum Gasteiger partial charge on any atom is -0.478 e. The smallest absolute Gasteiger partial charge is 0.335 e. The Labute approximate surface area is 198 Å². The van der Waals surface area contributed by atoms with E-state index in [2.05, 4.69) is 27.7 Å². The number of benzene rings is 3. The topological polar surface area (TPSA) is 81.7 Å². The van der Waals surface area contributed by atoms with Crippen LogP contribution in [0.1, 0.15) is 46.3 Å². The number of nitrogens with zero attached hydrogens (tertiary/aromatic N) is 1. The Morgan fingerprint density at radius 2 is 1.65 bits per heavy atom. The second kappa shape index (κ2) is 9.53. The van der Waals surface area contributed by atoms with Gasteiger partial charge in [-0.1, -0.05) is 48.9 Å². The molecule has 5 rings (SSSR count). The van der Waals surface area contributed by atoms with Gasteiger partial charge in [0.2, 0.25) is 0 Å². The first kappa shape index (κ1) is 21.9. The van der Waals surface area contributed by atoms with Crippen LogP contribution < -0.4 is 10.6 Å². The van der Waals surface area contributed by atoms with Crippen LogP contribution in [0, 0.1) is 0 Å². The number of aromatic carboxylic acids is 1. The molecule has 0 radical (unpaired) electrons. The summed E-state index contributed by atoms with van der Waals surface area (Å²) >= 11 is 0. The Kier molecular flexibility index (Phi) is 6.14. The zero-order valence-electron chi connectivity index (χ0n) is 18.9. The molecule has 3 aromatic carbocycles. The molecular formula is C28H27N3O3. The maximum Gasteiger partial charge on any atom is 0.335 e. The Bertz CT molecular complexity index is 1240. The third kappa shape index (κ3) is 4.58. The lowest BCUT2D eigenvalue weighted by Crippen LogP contribution is -2.29. The Morgan fingerprint density at radius 1 is 0.912 bits per heavy atom. The van der Waals surface area contributed by atoms with Crippen molar-refractivity contribution in [2.45, 2.75) is 25.8 Å². The molecule has 0 unspecified atom stereocenters. The summed E-state index contributed by atoms with van der Waals surface area (Å²) in [5, 5.41) is 15.8. The summed E-state index contributed by atoms with van der Waals surface area (Å²) in [7, 11) is 0. The fourth-order valence-corrected chi connectivity index (χ4v) is 4.65. The van der Waals surface area contributed by atoms with Crippen LogP contribution in [-0.4, -0.2) is 35.0 Å². The Morgan fingerprint density at radius 3 is 2.35 bits per heavy atom. The fourth-order valence-electron chi connectivity index (χ4n) is 4.65. The first-order chi connectivity index (χ1) is 16.6. The van der Waals surface area contributed by atoms with Gasteiger partial charge in [0.25, 0.3) is 5.91 Å². The number of carboxylic acid groups (broad SMARTS) is 1. The number of amides is 1. The number of likely N-dealkylation sites (tertiary alicyclic amines) is 1. The van der Waals surface area contributed by atoms with Crippen LogP contribution in [0.25, 0.3) is 11.3 Å². The molecule has 2 aliphatic heterocycles. The van der Waals surface area contributed by atoms with Crippen molar-refractivity contribution in [3.63, 3.8) is 0 Å². The molecule has 1 saturated heterocycles. The maximum absolute atomic E-state index is 13.0. The van der Waals surface area contributed by atoms with Crippen LogP contribution in [0.4, 0.5) is 11.4 Å². The van der Waals surface area contributed by atoms with E-state index < -0.39 is 5.97 Å². The minimum absolute atomic E-state index is 0.141. The summed E-state index contributed by atoms with van der Waals surface area (Å²) in [6.07, 6.45) is 3.85. The van der Waals surface area contributed by atoms with Gasteiger partial charge in [-0.05, 0) is 67.4 Å². The third-order valence-electron chi connectivity index (χ3n) is 6.40. The van der Waals surface area contributed by atoms with Gasteiger partial charge in [0, 0.05) is 23.5 Å². The van der Waals surface area contributed by atoms with Crippen LogP contribution in [-0.2, 0) is 11.3 Å². The molecule has 0 aromatic heterocycles. The molecule has 0 aliphatic carbocycles. The second-order valence-electron chi connectivity index (χ2n) is 8.79. The quantitative estimate of drug-likeness (QED) is 0.441. The summed E-state index contributed by atoms with van der Waals surface area (Å²) in [6.45, 7) is 3.24. The van der Waals surface area contributed by atoms with E-state index in [9.17, 15) is 14.7 Å². The van der Waals surface area contributed by atoms with Crippen LogP contribution in [0.5, 0.6) is 0 Å². The summed E-state index contributed by atoms with van der Waals surface area (Å²) in [5.74, 6) is -1.29. The van der Waals surface area contributed by atoms with Gasteiger partial charge >= 0.3 is 5.97 Å². The van der Waals surface area contributed by atoms with Crippen molar-refractivity contribution < 1.29 is 14.7 Å². The number of anilines is 2. The van der Waals surface area contributed by atoms with Gasteiger partial charge in [-0.25, -0.2) is 4.79 Å². The molecule has 6 nitrogen and oxygen atoms in total. The fraction of sp³-hybridized carbons (Fsp3) is 0.214. The average Bonchev–Trinajstić information content (AvgIpc) is 3.19. The first-order valence-electron chi connectivity index (χ1n) is 11.7. The van der Waals surface area contributed by atoms with E-state index in [4.69, 9.17) is 0 Å². The van der Waals surface area contributed by atoms with Crippen LogP contribution >= 0.6 is 0 Å². The predicted octanol–water partition coefficient (Wildman–Crippen LogP) is 5.30. The molecule has 0 spiro atoms. The molecule has 2 heterocycles. The van der Waals surface area contributed by atoms with Crippen LogP contribution in [0.15, 0.2) is 72.8 Å². The molecule has 0 bridgehead atoms. The van der Waals surface area contributed by atoms with Crippen molar-refractivity contribution in [3.05, 3.63) is 95.1 Å². The first-order valence-corrected chi connectivity index (χ1v) is 11.7. The van der Waals surface area contributed by atoms with E-state index in [0.29, 0.717) is 22.5 Å². The third-order valence-corrected chi connectivity index (χ3v) is 6.40. The van der Waals surface area contributed by atoms with E-state index >= 15 is 0 Å². The number of carbonyl (C=O) groups is 2. The molecule has 2 aliphatic rings. The average molecular weight is 454 g/mol. The standard InChI is InChI=1S/C28H27N3O3/c32-27-25(23-17-21(28(33)34)11-14-24(23)30-27)26(20-7-3-1-4-8-20)29-22-12-9-19(10-13-22)18-31-15-5-2-6-16-31/h1,3-4,7-14,17,29H,2,5-6,15-16,18H2,(H,30,32)(H,33,34). The molecule has 3 N–H and O–H groups in total. The molecule has 1 fully saturated rings. The van der Waals surface area contributed by atoms with Crippen molar-refractivity contribution in [1.82, 2.24) is 4.90 Å². The maximum atomic E-state index is 13.0. The molecule has 0 saturated carbocycles. The highest BCUT2D eigenvalue weighted by Gasteiger charge is 2.29. The molecule has 3 aromatic rings. The molecule has 0 atom stereocenters. The molecule has 1 amide bonds. The summed E-state index contributed by atoms with van der Waals surface area (Å²) in [6, 6.07) is 22.6. The molecule has 34 heavy (non-hydrogen) atoms.